The molecule has 1 aliphatic rings. The summed E-state index contributed by atoms with van der Waals surface area (Å²) >= 11 is 2.32. The molecular weight excluding hydrogens is 229 g/mol. The number of β-amino-alcohol motifs (C(OH)–C–C–N with tert-alkyl or cyclic N) is 1. The predicted octanol–water partition coefficient (Wildman–Crippen LogP) is 0.534. The van der Waals surface area contributed by atoms with Gasteiger partial charge in [0.2, 0.25) is 0 Å². The van der Waals surface area contributed by atoms with E-state index in [1.165, 1.54) is 6.42 Å². The van der Waals surface area contributed by atoms with Crippen LogP contribution in [-0.4, -0.2) is 28.2 Å². The van der Waals surface area contributed by atoms with E-state index < -0.39 is 0 Å². The number of hydrogen-bond acceptors (Lipinski definition) is 2. The number of rotatable bonds is 0. The first-order valence-electron chi connectivity index (χ1n) is 3.33. The van der Waals surface area contributed by atoms with E-state index in [0.29, 0.717) is 3.92 Å². The first-order chi connectivity index (χ1) is 4.30. The summed E-state index contributed by atoms with van der Waals surface area (Å²) in [6, 6.07) is 0. The zero-order valence-electron chi connectivity index (χ0n) is 5.31. The molecule has 3 heteroatoms. The second-order valence-corrected chi connectivity index (χ2v) is 4.03. The SMILES string of the molecule is OC1CNCCCC1I. The van der Waals surface area contributed by atoms with E-state index in [1.54, 1.807) is 0 Å². The molecule has 0 amide bonds. The molecule has 1 fully saturated rings. The van der Waals surface area contributed by atoms with Crippen molar-refractivity contribution in [1.29, 1.82) is 0 Å². The van der Waals surface area contributed by atoms with Crippen LogP contribution < -0.4 is 5.32 Å². The van der Waals surface area contributed by atoms with Crippen molar-refractivity contribution in [1.82, 2.24) is 5.32 Å². The number of alkyl halides is 1. The van der Waals surface area contributed by atoms with Crippen molar-refractivity contribution >= 4 is 22.6 Å². The van der Waals surface area contributed by atoms with Crippen LogP contribution >= 0.6 is 22.6 Å². The second-order valence-electron chi connectivity index (χ2n) is 2.43. The molecule has 2 nitrogen and oxygen atoms in total. The van der Waals surface area contributed by atoms with Gasteiger partial charge in [-0.1, -0.05) is 22.6 Å². The van der Waals surface area contributed by atoms with Gasteiger partial charge in [0.15, 0.2) is 0 Å². The molecule has 0 aromatic rings. The van der Waals surface area contributed by atoms with E-state index in [-0.39, 0.29) is 6.10 Å². The van der Waals surface area contributed by atoms with Gasteiger partial charge < -0.3 is 10.4 Å². The van der Waals surface area contributed by atoms with Gasteiger partial charge >= 0.3 is 0 Å². The highest BCUT2D eigenvalue weighted by Crippen LogP contribution is 2.14. The maximum Gasteiger partial charge on any atom is 0.0781 e. The van der Waals surface area contributed by atoms with Gasteiger partial charge in [0.25, 0.3) is 0 Å². The Balaban J connectivity index is 2.32. The Morgan fingerprint density at radius 2 is 2.33 bits per heavy atom. The fourth-order valence-electron chi connectivity index (χ4n) is 0.992. The van der Waals surface area contributed by atoms with Crippen LogP contribution in [0.2, 0.25) is 0 Å². The van der Waals surface area contributed by atoms with E-state index in [0.717, 1.165) is 19.5 Å². The third-order valence-electron chi connectivity index (χ3n) is 1.60. The van der Waals surface area contributed by atoms with Crippen LogP contribution in [0.15, 0.2) is 0 Å². The highest BCUT2D eigenvalue weighted by Gasteiger charge is 2.17. The highest BCUT2D eigenvalue weighted by molar-refractivity contribution is 14.1. The summed E-state index contributed by atoms with van der Waals surface area (Å²) in [5.41, 5.74) is 0. The predicted molar refractivity (Wildman–Crippen MR) is 45.9 cm³/mol. The maximum absolute atomic E-state index is 9.29. The topological polar surface area (TPSA) is 32.3 Å². The number of aliphatic hydroxyl groups is 1. The van der Waals surface area contributed by atoms with Gasteiger partial charge in [0, 0.05) is 10.5 Å². The highest BCUT2D eigenvalue weighted by atomic mass is 127. The van der Waals surface area contributed by atoms with E-state index >= 15 is 0 Å². The Morgan fingerprint density at radius 3 is 3.11 bits per heavy atom. The minimum absolute atomic E-state index is 0.131. The van der Waals surface area contributed by atoms with E-state index in [2.05, 4.69) is 27.9 Å². The Morgan fingerprint density at radius 1 is 1.56 bits per heavy atom. The molecule has 0 aromatic heterocycles. The largest absolute Gasteiger partial charge is 0.391 e. The smallest absolute Gasteiger partial charge is 0.0781 e. The quantitative estimate of drug-likeness (QED) is 0.479. The molecule has 2 atom stereocenters. The van der Waals surface area contributed by atoms with Crippen LogP contribution in [0.4, 0.5) is 0 Å². The van der Waals surface area contributed by atoms with Crippen molar-refractivity contribution in [3.8, 4) is 0 Å². The monoisotopic (exact) mass is 241 g/mol. The first-order valence-corrected chi connectivity index (χ1v) is 4.58. The zero-order valence-corrected chi connectivity index (χ0v) is 7.47. The molecule has 2 unspecified atom stereocenters. The van der Waals surface area contributed by atoms with Gasteiger partial charge in [-0.2, -0.15) is 0 Å². The molecule has 2 N–H and O–H groups in total. The summed E-state index contributed by atoms with van der Waals surface area (Å²) in [5, 5.41) is 12.5. The zero-order chi connectivity index (χ0) is 6.69. The second kappa shape index (κ2) is 3.73. The van der Waals surface area contributed by atoms with Crippen molar-refractivity contribution < 1.29 is 5.11 Å². The van der Waals surface area contributed by atoms with Crippen LogP contribution in [0.3, 0.4) is 0 Å². The molecule has 1 aliphatic heterocycles. The number of aliphatic hydroxyl groups excluding tert-OH is 1. The van der Waals surface area contributed by atoms with E-state index in [9.17, 15) is 5.11 Å². The van der Waals surface area contributed by atoms with Crippen molar-refractivity contribution in [2.24, 2.45) is 0 Å². The van der Waals surface area contributed by atoms with Crippen molar-refractivity contribution in [2.45, 2.75) is 22.9 Å². The number of halogens is 1. The summed E-state index contributed by atoms with van der Waals surface area (Å²) in [4.78, 5) is 0. The molecule has 54 valence electrons. The van der Waals surface area contributed by atoms with Crippen molar-refractivity contribution in [3.05, 3.63) is 0 Å². The summed E-state index contributed by atoms with van der Waals surface area (Å²) in [5.74, 6) is 0. The average molecular weight is 241 g/mol. The summed E-state index contributed by atoms with van der Waals surface area (Å²) in [6.07, 6.45) is 2.22. The van der Waals surface area contributed by atoms with Gasteiger partial charge in [-0.25, -0.2) is 0 Å². The lowest BCUT2D eigenvalue weighted by Crippen LogP contribution is -2.29. The Bertz CT molecular complexity index is 79.1. The maximum atomic E-state index is 9.29. The third kappa shape index (κ3) is 2.39. The molecule has 9 heavy (non-hydrogen) atoms. The first kappa shape index (κ1) is 7.75. The summed E-state index contributed by atoms with van der Waals surface area (Å²) in [7, 11) is 0. The van der Waals surface area contributed by atoms with Gasteiger partial charge in [-0.15, -0.1) is 0 Å². The molecule has 1 heterocycles. The third-order valence-corrected chi connectivity index (χ3v) is 3.06. The van der Waals surface area contributed by atoms with Crippen LogP contribution in [0.25, 0.3) is 0 Å². The normalized spacial score (nSPS) is 38.0. The fourth-order valence-corrected chi connectivity index (χ4v) is 1.69. The number of hydrogen-bond donors (Lipinski definition) is 2. The lowest BCUT2D eigenvalue weighted by atomic mass is 10.2. The summed E-state index contributed by atoms with van der Waals surface area (Å²) in [6.45, 7) is 1.84. The molecule has 0 radical (unpaired) electrons. The lowest BCUT2D eigenvalue weighted by Gasteiger charge is -2.11. The molecular formula is C6H12INO. The van der Waals surface area contributed by atoms with Gasteiger partial charge in [-0.05, 0) is 19.4 Å². The molecule has 0 aromatic carbocycles. The molecule has 0 bridgehead atoms. The lowest BCUT2D eigenvalue weighted by molar-refractivity contribution is 0.178. The molecule has 1 rings (SSSR count). The van der Waals surface area contributed by atoms with Crippen molar-refractivity contribution in [3.63, 3.8) is 0 Å². The van der Waals surface area contributed by atoms with E-state index in [4.69, 9.17) is 0 Å². The molecule has 0 spiro atoms. The van der Waals surface area contributed by atoms with Gasteiger partial charge in [0.1, 0.15) is 0 Å². The molecule has 0 saturated carbocycles. The Hall–Kier alpha value is 0.650. The van der Waals surface area contributed by atoms with Crippen LogP contribution in [0.5, 0.6) is 0 Å². The number of nitrogens with one attached hydrogen (secondary N) is 1. The Labute approximate surface area is 69.2 Å². The van der Waals surface area contributed by atoms with Gasteiger partial charge in [0.05, 0.1) is 6.10 Å². The van der Waals surface area contributed by atoms with E-state index in [1.807, 2.05) is 0 Å². The molecule has 0 aliphatic carbocycles. The average Bonchev–Trinajstić information content (AvgIpc) is 1.99. The van der Waals surface area contributed by atoms with Crippen molar-refractivity contribution in [2.75, 3.05) is 13.1 Å². The summed E-state index contributed by atoms with van der Waals surface area (Å²) < 4.78 is 0.456. The van der Waals surface area contributed by atoms with Crippen LogP contribution in [-0.2, 0) is 0 Å². The van der Waals surface area contributed by atoms with Gasteiger partial charge in [-0.3, -0.25) is 0 Å². The van der Waals surface area contributed by atoms with Crippen LogP contribution in [0.1, 0.15) is 12.8 Å². The fraction of sp³-hybridized carbons (Fsp3) is 1.00. The molecule has 1 saturated heterocycles. The van der Waals surface area contributed by atoms with Crippen LogP contribution in [0, 0.1) is 0 Å². The minimum atomic E-state index is -0.131. The Kier molecular flexibility index (Phi) is 3.21. The minimum Gasteiger partial charge on any atom is -0.391 e. The standard InChI is InChI=1S/C6H12INO/c7-5-2-1-3-8-4-6(5)9/h5-6,8-9H,1-4H2.